The van der Waals surface area contributed by atoms with Gasteiger partial charge in [0.25, 0.3) is 0 Å². The standard InChI is InChI=1S/C20H32N2O/c1-3-20(17-9-10-17)22-13-18(15(2)23)11-19(14-22)21-12-16-7-5-4-6-8-16/h4-8,15,17-21,23H,3,9-14H2,1-2H3. The lowest BCUT2D eigenvalue weighted by Crippen LogP contribution is -2.54. The highest BCUT2D eigenvalue weighted by Gasteiger charge is 2.38. The molecule has 2 aliphatic rings. The zero-order valence-corrected chi connectivity index (χ0v) is 14.6. The third-order valence-electron chi connectivity index (χ3n) is 5.68. The quantitative estimate of drug-likeness (QED) is 0.811. The molecular weight excluding hydrogens is 284 g/mol. The van der Waals surface area contributed by atoms with Gasteiger partial charge in [-0.15, -0.1) is 0 Å². The van der Waals surface area contributed by atoms with E-state index in [0.29, 0.717) is 12.0 Å². The maximum atomic E-state index is 10.2. The van der Waals surface area contributed by atoms with Gasteiger partial charge in [0.15, 0.2) is 0 Å². The van der Waals surface area contributed by atoms with Crippen LogP contribution in [0.2, 0.25) is 0 Å². The molecule has 1 saturated heterocycles. The van der Waals surface area contributed by atoms with Crippen LogP contribution < -0.4 is 5.32 Å². The topological polar surface area (TPSA) is 35.5 Å². The van der Waals surface area contributed by atoms with E-state index in [1.54, 1.807) is 0 Å². The van der Waals surface area contributed by atoms with Crippen LogP contribution in [0.3, 0.4) is 0 Å². The van der Waals surface area contributed by atoms with Crippen molar-refractivity contribution in [2.45, 2.75) is 64.3 Å². The fraction of sp³-hybridized carbons (Fsp3) is 0.700. The van der Waals surface area contributed by atoms with Crippen molar-refractivity contribution in [1.29, 1.82) is 0 Å². The average Bonchev–Trinajstić information content (AvgIpc) is 3.39. The Labute approximate surface area is 141 Å². The number of nitrogens with one attached hydrogen (secondary N) is 1. The molecule has 2 N–H and O–H groups in total. The summed E-state index contributed by atoms with van der Waals surface area (Å²) in [4.78, 5) is 2.67. The van der Waals surface area contributed by atoms with Gasteiger partial charge in [0.05, 0.1) is 6.10 Å². The van der Waals surface area contributed by atoms with E-state index in [0.717, 1.165) is 38.0 Å². The summed E-state index contributed by atoms with van der Waals surface area (Å²) >= 11 is 0. The van der Waals surface area contributed by atoms with Crippen molar-refractivity contribution in [2.24, 2.45) is 11.8 Å². The predicted molar refractivity (Wildman–Crippen MR) is 95.2 cm³/mol. The summed E-state index contributed by atoms with van der Waals surface area (Å²) in [5.41, 5.74) is 1.34. The van der Waals surface area contributed by atoms with E-state index in [1.807, 2.05) is 6.92 Å². The molecule has 1 heterocycles. The molecule has 1 aliphatic heterocycles. The molecule has 2 fully saturated rings. The molecule has 0 bridgehead atoms. The van der Waals surface area contributed by atoms with Gasteiger partial charge in [-0.25, -0.2) is 0 Å². The molecule has 3 rings (SSSR count). The first kappa shape index (κ1) is 16.9. The van der Waals surface area contributed by atoms with Crippen LogP contribution in [-0.2, 0) is 6.54 Å². The van der Waals surface area contributed by atoms with E-state index in [-0.39, 0.29) is 6.10 Å². The third-order valence-corrected chi connectivity index (χ3v) is 5.68. The van der Waals surface area contributed by atoms with Gasteiger partial charge in [-0.3, -0.25) is 4.90 Å². The van der Waals surface area contributed by atoms with E-state index >= 15 is 0 Å². The van der Waals surface area contributed by atoms with E-state index in [2.05, 4.69) is 47.5 Å². The highest BCUT2D eigenvalue weighted by atomic mass is 16.3. The van der Waals surface area contributed by atoms with Crippen molar-refractivity contribution in [1.82, 2.24) is 10.2 Å². The molecular formula is C20H32N2O. The molecule has 128 valence electrons. The van der Waals surface area contributed by atoms with Crippen LogP contribution in [-0.4, -0.2) is 41.3 Å². The molecule has 3 nitrogen and oxygen atoms in total. The predicted octanol–water partition coefficient (Wildman–Crippen LogP) is 3.04. The molecule has 0 aromatic heterocycles. The Kier molecular flexibility index (Phi) is 5.73. The first-order valence-electron chi connectivity index (χ1n) is 9.36. The molecule has 1 aromatic carbocycles. The molecule has 23 heavy (non-hydrogen) atoms. The van der Waals surface area contributed by atoms with Crippen LogP contribution in [0.15, 0.2) is 30.3 Å². The number of nitrogens with zero attached hydrogens (tertiary/aromatic N) is 1. The van der Waals surface area contributed by atoms with E-state index in [4.69, 9.17) is 0 Å². The number of piperidine rings is 1. The fourth-order valence-corrected chi connectivity index (χ4v) is 4.17. The molecule has 0 spiro atoms. The minimum Gasteiger partial charge on any atom is -0.393 e. The highest BCUT2D eigenvalue weighted by Crippen LogP contribution is 2.38. The summed E-state index contributed by atoms with van der Waals surface area (Å²) in [6.07, 6.45) is 4.91. The summed E-state index contributed by atoms with van der Waals surface area (Å²) in [5.74, 6) is 1.30. The lowest BCUT2D eigenvalue weighted by molar-refractivity contribution is 0.0229. The summed E-state index contributed by atoms with van der Waals surface area (Å²) in [6.45, 7) is 7.40. The largest absolute Gasteiger partial charge is 0.393 e. The van der Waals surface area contributed by atoms with Crippen LogP contribution in [0, 0.1) is 11.8 Å². The van der Waals surface area contributed by atoms with Gasteiger partial charge < -0.3 is 10.4 Å². The molecule has 3 heteroatoms. The Bertz CT molecular complexity index is 472. The SMILES string of the molecule is CCC(C1CC1)N1CC(NCc2ccccc2)CC(C(C)O)C1. The van der Waals surface area contributed by atoms with Gasteiger partial charge in [-0.05, 0) is 50.0 Å². The van der Waals surface area contributed by atoms with Crippen molar-refractivity contribution in [2.75, 3.05) is 13.1 Å². The lowest BCUT2D eigenvalue weighted by Gasteiger charge is -2.43. The van der Waals surface area contributed by atoms with E-state index in [9.17, 15) is 5.11 Å². The minimum atomic E-state index is -0.212. The minimum absolute atomic E-state index is 0.212. The van der Waals surface area contributed by atoms with Crippen molar-refractivity contribution < 1.29 is 5.11 Å². The number of hydrogen-bond donors (Lipinski definition) is 2. The first-order chi connectivity index (χ1) is 11.2. The van der Waals surface area contributed by atoms with Gasteiger partial charge in [0.1, 0.15) is 0 Å². The van der Waals surface area contributed by atoms with Crippen molar-refractivity contribution >= 4 is 0 Å². The normalized spacial score (nSPS) is 28.5. The second kappa shape index (κ2) is 7.78. The molecule has 0 amide bonds. The second-order valence-corrected chi connectivity index (χ2v) is 7.57. The van der Waals surface area contributed by atoms with Gasteiger partial charge in [0, 0.05) is 31.7 Å². The Hall–Kier alpha value is -0.900. The van der Waals surface area contributed by atoms with Gasteiger partial charge in [-0.2, -0.15) is 0 Å². The lowest BCUT2D eigenvalue weighted by atomic mass is 9.88. The zero-order valence-electron chi connectivity index (χ0n) is 14.6. The van der Waals surface area contributed by atoms with Crippen molar-refractivity contribution in [3.05, 3.63) is 35.9 Å². The Morgan fingerprint density at radius 3 is 2.52 bits per heavy atom. The van der Waals surface area contributed by atoms with Crippen molar-refractivity contribution in [3.8, 4) is 0 Å². The van der Waals surface area contributed by atoms with Crippen LogP contribution in [0.4, 0.5) is 0 Å². The third kappa shape index (κ3) is 4.56. The highest BCUT2D eigenvalue weighted by molar-refractivity contribution is 5.14. The molecule has 1 saturated carbocycles. The molecule has 4 atom stereocenters. The van der Waals surface area contributed by atoms with Crippen LogP contribution >= 0.6 is 0 Å². The summed E-state index contributed by atoms with van der Waals surface area (Å²) in [6, 6.07) is 11.8. The number of likely N-dealkylation sites (tertiary alicyclic amines) is 1. The fourth-order valence-electron chi connectivity index (χ4n) is 4.17. The van der Waals surface area contributed by atoms with Gasteiger partial charge in [0.2, 0.25) is 0 Å². The first-order valence-corrected chi connectivity index (χ1v) is 9.36. The summed E-state index contributed by atoms with van der Waals surface area (Å²) in [7, 11) is 0. The molecule has 4 unspecified atom stereocenters. The number of aliphatic hydroxyl groups is 1. The van der Waals surface area contributed by atoms with Gasteiger partial charge in [-0.1, -0.05) is 37.3 Å². The monoisotopic (exact) mass is 316 g/mol. The summed E-state index contributed by atoms with van der Waals surface area (Å²) in [5, 5.41) is 13.9. The van der Waals surface area contributed by atoms with Crippen molar-refractivity contribution in [3.63, 3.8) is 0 Å². The Morgan fingerprint density at radius 2 is 1.91 bits per heavy atom. The molecule has 1 aromatic rings. The number of aliphatic hydroxyl groups excluding tert-OH is 1. The van der Waals surface area contributed by atoms with Crippen LogP contribution in [0.1, 0.15) is 45.1 Å². The Balaban J connectivity index is 1.61. The van der Waals surface area contributed by atoms with Gasteiger partial charge >= 0.3 is 0 Å². The van der Waals surface area contributed by atoms with Crippen LogP contribution in [0.5, 0.6) is 0 Å². The average molecular weight is 316 g/mol. The second-order valence-electron chi connectivity index (χ2n) is 7.57. The van der Waals surface area contributed by atoms with E-state index < -0.39 is 0 Å². The zero-order chi connectivity index (χ0) is 16.2. The van der Waals surface area contributed by atoms with Crippen LogP contribution in [0.25, 0.3) is 0 Å². The molecule has 0 radical (unpaired) electrons. The molecule has 1 aliphatic carbocycles. The number of rotatable bonds is 7. The summed E-state index contributed by atoms with van der Waals surface area (Å²) < 4.78 is 0. The smallest absolute Gasteiger partial charge is 0.0553 e. The number of hydrogen-bond acceptors (Lipinski definition) is 3. The number of benzene rings is 1. The van der Waals surface area contributed by atoms with E-state index in [1.165, 1.54) is 24.8 Å². The Morgan fingerprint density at radius 1 is 1.17 bits per heavy atom. The maximum absolute atomic E-state index is 10.2. The maximum Gasteiger partial charge on any atom is 0.0553 e.